The van der Waals surface area contributed by atoms with E-state index in [2.05, 4.69) is 9.71 Å². The third-order valence-electron chi connectivity index (χ3n) is 4.49. The number of amides is 1. The summed E-state index contributed by atoms with van der Waals surface area (Å²) in [5.74, 6) is 1.07. The molecule has 7 nitrogen and oxygen atoms in total. The molecule has 1 amide bonds. The minimum Gasteiger partial charge on any atom is -0.455 e. The minimum absolute atomic E-state index is 0.0810. The molecule has 0 spiro atoms. The molecule has 0 radical (unpaired) electrons. The van der Waals surface area contributed by atoms with Crippen LogP contribution < -0.4 is 10.1 Å². The van der Waals surface area contributed by atoms with Gasteiger partial charge in [-0.05, 0) is 36.4 Å². The number of fused-ring (bicyclic) bond motifs is 1. The second kappa shape index (κ2) is 8.00. The largest absolute Gasteiger partial charge is 0.455 e. The number of nitrogens with zero attached hydrogens (tertiary/aromatic N) is 2. The topological polar surface area (TPSA) is 88.1 Å². The Hall–Kier alpha value is -3.65. The first-order valence-corrected chi connectivity index (χ1v) is 10.7. The van der Waals surface area contributed by atoms with Crippen LogP contribution in [0.3, 0.4) is 0 Å². The van der Waals surface area contributed by atoms with Crippen LogP contribution >= 0.6 is 0 Å². The third-order valence-corrected chi connectivity index (χ3v) is 5.81. The highest BCUT2D eigenvalue weighted by Crippen LogP contribution is 2.29. The van der Waals surface area contributed by atoms with Gasteiger partial charge in [0, 0.05) is 12.6 Å². The number of rotatable bonds is 5. The molecule has 0 saturated carbocycles. The highest BCUT2D eigenvalue weighted by atomic mass is 32.2. The lowest BCUT2D eigenvalue weighted by atomic mass is 10.2. The van der Waals surface area contributed by atoms with E-state index in [1.165, 1.54) is 11.0 Å². The highest BCUT2D eigenvalue weighted by molar-refractivity contribution is 7.90. The number of ether oxygens (including phenoxy) is 1. The van der Waals surface area contributed by atoms with Crippen molar-refractivity contribution in [2.24, 2.45) is 4.40 Å². The predicted octanol–water partition coefficient (Wildman–Crippen LogP) is 3.50. The number of benzene rings is 3. The van der Waals surface area contributed by atoms with E-state index in [0.29, 0.717) is 22.7 Å². The van der Waals surface area contributed by atoms with E-state index < -0.39 is 10.0 Å². The zero-order chi connectivity index (χ0) is 21.1. The van der Waals surface area contributed by atoms with Gasteiger partial charge in [0.1, 0.15) is 10.6 Å². The number of hydrogen-bond donors (Lipinski definition) is 1. The molecule has 0 fully saturated rings. The quantitative estimate of drug-likeness (QED) is 0.681. The summed E-state index contributed by atoms with van der Waals surface area (Å²) in [6.45, 7) is -0.0810. The van der Waals surface area contributed by atoms with E-state index >= 15 is 0 Å². The molecule has 3 aromatic rings. The van der Waals surface area contributed by atoms with E-state index in [4.69, 9.17) is 4.74 Å². The Balaban J connectivity index is 1.49. The second-order valence-corrected chi connectivity index (χ2v) is 8.27. The van der Waals surface area contributed by atoms with E-state index in [9.17, 15) is 13.2 Å². The van der Waals surface area contributed by atoms with Gasteiger partial charge >= 0.3 is 0 Å². The highest BCUT2D eigenvalue weighted by Gasteiger charge is 2.31. The molecule has 0 aromatic heterocycles. The normalized spacial score (nSPS) is 13.8. The number of amidine groups is 1. The Morgan fingerprint density at radius 1 is 0.967 bits per heavy atom. The van der Waals surface area contributed by atoms with Crippen molar-refractivity contribution in [2.45, 2.75) is 4.90 Å². The van der Waals surface area contributed by atoms with Crippen LogP contribution in [-0.4, -0.2) is 38.7 Å². The zero-order valence-electron chi connectivity index (χ0n) is 16.1. The lowest BCUT2D eigenvalue weighted by molar-refractivity contribution is -0.116. The van der Waals surface area contributed by atoms with Gasteiger partial charge in [0.2, 0.25) is 5.91 Å². The van der Waals surface area contributed by atoms with E-state index in [1.54, 1.807) is 43.4 Å². The maximum atomic E-state index is 12.6. The number of para-hydroxylation sites is 3. The Morgan fingerprint density at radius 3 is 2.43 bits per heavy atom. The van der Waals surface area contributed by atoms with Crippen molar-refractivity contribution in [1.29, 1.82) is 0 Å². The van der Waals surface area contributed by atoms with Crippen molar-refractivity contribution >= 4 is 27.5 Å². The fourth-order valence-electron chi connectivity index (χ4n) is 3.12. The smallest absolute Gasteiger partial charge is 0.285 e. The lowest BCUT2D eigenvalue weighted by Gasteiger charge is -2.19. The van der Waals surface area contributed by atoms with E-state index in [-0.39, 0.29) is 23.2 Å². The summed E-state index contributed by atoms with van der Waals surface area (Å²) >= 11 is 0. The maximum absolute atomic E-state index is 12.6. The molecule has 8 heteroatoms. The predicted molar refractivity (Wildman–Crippen MR) is 114 cm³/mol. The van der Waals surface area contributed by atoms with Crippen LogP contribution in [0.2, 0.25) is 0 Å². The first-order valence-electron chi connectivity index (χ1n) is 9.21. The standard InChI is InChI=1S/C22H19N3O4S/c1-25(22-17-11-5-8-14-20(17)30(27,28)24-22)15-21(26)23-18-12-6-7-13-19(18)29-16-9-3-2-4-10-16/h2-14H,15H2,1H3,(H,23,26). The molecular formula is C22H19N3O4S. The van der Waals surface area contributed by atoms with Crippen molar-refractivity contribution in [3.63, 3.8) is 0 Å². The van der Waals surface area contributed by atoms with Gasteiger partial charge in [0.25, 0.3) is 10.0 Å². The van der Waals surface area contributed by atoms with E-state index in [0.717, 1.165) is 0 Å². The number of hydrogen-bond acceptors (Lipinski definition) is 5. The van der Waals surface area contributed by atoms with Crippen LogP contribution in [0.1, 0.15) is 5.56 Å². The van der Waals surface area contributed by atoms with Crippen molar-refractivity contribution in [3.8, 4) is 11.5 Å². The number of carbonyl (C=O) groups is 1. The summed E-state index contributed by atoms with van der Waals surface area (Å²) in [7, 11) is -2.11. The summed E-state index contributed by atoms with van der Waals surface area (Å²) < 4.78 is 34.2. The number of carbonyl (C=O) groups excluding carboxylic acids is 1. The molecule has 1 N–H and O–H groups in total. The van der Waals surface area contributed by atoms with Crippen LogP contribution in [0.4, 0.5) is 5.69 Å². The van der Waals surface area contributed by atoms with Crippen LogP contribution in [0, 0.1) is 0 Å². The molecule has 0 bridgehead atoms. The first-order chi connectivity index (χ1) is 14.4. The lowest BCUT2D eigenvalue weighted by Crippen LogP contribution is -2.34. The second-order valence-electron chi connectivity index (χ2n) is 6.70. The summed E-state index contributed by atoms with van der Waals surface area (Å²) in [5.41, 5.74) is 1.00. The van der Waals surface area contributed by atoms with Crippen LogP contribution in [0.25, 0.3) is 0 Å². The molecule has 1 heterocycles. The summed E-state index contributed by atoms with van der Waals surface area (Å²) in [4.78, 5) is 14.3. The fourth-order valence-corrected chi connectivity index (χ4v) is 4.37. The zero-order valence-corrected chi connectivity index (χ0v) is 17.0. The van der Waals surface area contributed by atoms with Gasteiger partial charge in [-0.1, -0.05) is 42.5 Å². The number of anilines is 1. The Kier molecular flexibility index (Phi) is 5.24. The van der Waals surface area contributed by atoms with Crippen molar-refractivity contribution in [1.82, 2.24) is 4.90 Å². The molecule has 0 atom stereocenters. The van der Waals surface area contributed by atoms with Gasteiger partial charge in [-0.25, -0.2) is 0 Å². The summed E-state index contributed by atoms with van der Waals surface area (Å²) in [6.07, 6.45) is 0. The van der Waals surface area contributed by atoms with Crippen LogP contribution in [0.15, 0.2) is 88.2 Å². The fraction of sp³-hybridized carbons (Fsp3) is 0.0909. The SMILES string of the molecule is CN(CC(=O)Nc1ccccc1Oc1ccccc1)C1=NS(=O)(=O)c2ccccc21. The monoisotopic (exact) mass is 421 g/mol. The molecule has 0 saturated heterocycles. The van der Waals surface area contributed by atoms with Crippen molar-refractivity contribution in [3.05, 3.63) is 84.4 Å². The van der Waals surface area contributed by atoms with Gasteiger partial charge in [-0.3, -0.25) is 4.79 Å². The maximum Gasteiger partial charge on any atom is 0.285 e. The molecule has 1 aliphatic heterocycles. The number of nitrogens with one attached hydrogen (secondary N) is 1. The van der Waals surface area contributed by atoms with E-state index in [1.807, 2.05) is 36.4 Å². The van der Waals surface area contributed by atoms with Crippen molar-refractivity contribution < 1.29 is 17.9 Å². The Labute approximate surface area is 174 Å². The molecular weight excluding hydrogens is 402 g/mol. The van der Waals surface area contributed by atoms with Gasteiger partial charge < -0.3 is 15.0 Å². The average Bonchev–Trinajstić information content (AvgIpc) is 3.02. The van der Waals surface area contributed by atoms with Crippen molar-refractivity contribution in [2.75, 3.05) is 18.9 Å². The van der Waals surface area contributed by atoms with Crippen LogP contribution in [0.5, 0.6) is 11.5 Å². The van der Waals surface area contributed by atoms with Gasteiger partial charge in [0.15, 0.2) is 11.6 Å². The minimum atomic E-state index is -3.74. The molecule has 4 rings (SSSR count). The van der Waals surface area contributed by atoms with Gasteiger partial charge in [-0.15, -0.1) is 4.40 Å². The van der Waals surface area contributed by atoms with Crippen LogP contribution in [-0.2, 0) is 14.8 Å². The Morgan fingerprint density at radius 2 is 1.63 bits per heavy atom. The first kappa shape index (κ1) is 19.7. The Bertz CT molecular complexity index is 1220. The molecule has 1 aliphatic rings. The molecule has 152 valence electrons. The van der Waals surface area contributed by atoms with Gasteiger partial charge in [0.05, 0.1) is 12.2 Å². The summed E-state index contributed by atoms with van der Waals surface area (Å²) in [5, 5.41) is 2.82. The average molecular weight is 421 g/mol. The molecule has 30 heavy (non-hydrogen) atoms. The van der Waals surface area contributed by atoms with Gasteiger partial charge in [-0.2, -0.15) is 8.42 Å². The summed E-state index contributed by atoms with van der Waals surface area (Å²) in [6, 6.07) is 22.9. The molecule has 3 aromatic carbocycles. The number of likely N-dealkylation sites (N-methyl/N-ethyl adjacent to an activating group) is 1. The number of sulfonamides is 1. The third kappa shape index (κ3) is 4.04. The molecule has 0 aliphatic carbocycles. The molecule has 0 unspecified atom stereocenters.